The predicted molar refractivity (Wildman–Crippen MR) is 72.1 cm³/mol. The van der Waals surface area contributed by atoms with E-state index in [1.165, 1.54) is 0 Å². The molecule has 0 radical (unpaired) electrons. The van der Waals surface area contributed by atoms with E-state index in [4.69, 9.17) is 14.9 Å². The van der Waals surface area contributed by atoms with Crippen LogP contribution in [0.25, 0.3) is 11.1 Å². The summed E-state index contributed by atoms with van der Waals surface area (Å²) in [5.74, 6) is 0. The number of ether oxygens (including phenoxy) is 1. The average Bonchev–Trinajstić information content (AvgIpc) is 2.80. The predicted octanol–water partition coefficient (Wildman–Crippen LogP) is 0.996. The van der Waals surface area contributed by atoms with Crippen LogP contribution in [0.1, 0.15) is 6.92 Å². The second kappa shape index (κ2) is 4.71. The molecule has 19 heavy (non-hydrogen) atoms. The molecule has 3 N–H and O–H groups in total. The Bertz CT molecular complexity index is 584. The van der Waals surface area contributed by atoms with Gasteiger partial charge in [0.05, 0.1) is 25.4 Å². The molecule has 1 aromatic carbocycles. The Hall–Kier alpha value is -1.79. The zero-order valence-electron chi connectivity index (χ0n) is 10.7. The third-order valence-electron chi connectivity index (χ3n) is 3.20. The van der Waals surface area contributed by atoms with Crippen LogP contribution in [0.2, 0.25) is 0 Å². The summed E-state index contributed by atoms with van der Waals surface area (Å²) in [6.07, 6.45) is -0.171. The number of anilines is 2. The minimum absolute atomic E-state index is 0.00594. The summed E-state index contributed by atoms with van der Waals surface area (Å²) in [7, 11) is 0. The Morgan fingerprint density at radius 1 is 1.47 bits per heavy atom. The number of aromatic nitrogens is 1. The van der Waals surface area contributed by atoms with Gasteiger partial charge in [0.25, 0.3) is 6.01 Å². The van der Waals surface area contributed by atoms with Crippen molar-refractivity contribution in [1.82, 2.24) is 4.98 Å². The van der Waals surface area contributed by atoms with Crippen molar-refractivity contribution in [3.63, 3.8) is 0 Å². The highest BCUT2D eigenvalue weighted by atomic mass is 16.5. The minimum atomic E-state index is -0.205. The SMILES string of the molecule is CC1CN(c2nc3cc(N)ccc3o2)CC(CO)O1. The van der Waals surface area contributed by atoms with Crippen molar-refractivity contribution in [2.75, 3.05) is 30.3 Å². The maximum atomic E-state index is 9.23. The summed E-state index contributed by atoms with van der Waals surface area (Å²) in [5.41, 5.74) is 7.85. The molecule has 2 unspecified atom stereocenters. The molecule has 0 spiro atoms. The fourth-order valence-electron chi connectivity index (χ4n) is 2.37. The standard InChI is InChI=1S/C13H17N3O3/c1-8-5-16(6-10(7-17)18-8)13-15-11-4-9(14)2-3-12(11)19-13/h2-4,8,10,17H,5-7,14H2,1H3. The number of nitrogen functional groups attached to an aromatic ring is 1. The van der Waals surface area contributed by atoms with Crippen LogP contribution >= 0.6 is 0 Å². The molecule has 1 aliphatic rings. The highest BCUT2D eigenvalue weighted by Crippen LogP contribution is 2.25. The number of rotatable bonds is 2. The molecule has 6 nitrogen and oxygen atoms in total. The molecule has 1 aromatic heterocycles. The van der Waals surface area contributed by atoms with Crippen molar-refractivity contribution in [1.29, 1.82) is 0 Å². The molecule has 1 fully saturated rings. The van der Waals surface area contributed by atoms with Crippen LogP contribution in [0, 0.1) is 0 Å². The lowest BCUT2D eigenvalue weighted by atomic mass is 10.2. The van der Waals surface area contributed by atoms with E-state index in [1.54, 1.807) is 12.1 Å². The molecule has 2 aromatic rings. The van der Waals surface area contributed by atoms with Crippen molar-refractivity contribution >= 4 is 22.8 Å². The highest BCUT2D eigenvalue weighted by Gasteiger charge is 2.27. The number of nitrogens with zero attached hydrogens (tertiary/aromatic N) is 2. The van der Waals surface area contributed by atoms with Gasteiger partial charge in [-0.05, 0) is 25.1 Å². The first-order chi connectivity index (χ1) is 9.15. The van der Waals surface area contributed by atoms with Crippen LogP contribution in [-0.2, 0) is 4.74 Å². The molecule has 0 amide bonds. The van der Waals surface area contributed by atoms with Crippen LogP contribution in [-0.4, -0.2) is 42.0 Å². The summed E-state index contributed by atoms with van der Waals surface area (Å²) < 4.78 is 11.3. The highest BCUT2D eigenvalue weighted by molar-refractivity contribution is 5.78. The van der Waals surface area contributed by atoms with Crippen molar-refractivity contribution < 1.29 is 14.3 Å². The fourth-order valence-corrected chi connectivity index (χ4v) is 2.37. The molecule has 3 rings (SSSR count). The van der Waals surface area contributed by atoms with E-state index in [2.05, 4.69) is 4.98 Å². The lowest BCUT2D eigenvalue weighted by Crippen LogP contribution is -2.48. The zero-order chi connectivity index (χ0) is 13.4. The van der Waals surface area contributed by atoms with E-state index < -0.39 is 0 Å². The first-order valence-corrected chi connectivity index (χ1v) is 6.33. The van der Waals surface area contributed by atoms with E-state index in [-0.39, 0.29) is 18.8 Å². The van der Waals surface area contributed by atoms with Crippen LogP contribution < -0.4 is 10.6 Å². The molecule has 6 heteroatoms. The molecule has 0 aliphatic carbocycles. The number of hydrogen-bond acceptors (Lipinski definition) is 6. The number of morpholine rings is 1. The number of benzene rings is 1. The molecule has 2 heterocycles. The third-order valence-corrected chi connectivity index (χ3v) is 3.20. The number of fused-ring (bicyclic) bond motifs is 1. The van der Waals surface area contributed by atoms with Crippen LogP contribution in [0.15, 0.2) is 22.6 Å². The molecule has 1 saturated heterocycles. The summed E-state index contributed by atoms with van der Waals surface area (Å²) in [6.45, 7) is 3.23. The van der Waals surface area contributed by atoms with Gasteiger partial charge in [0.2, 0.25) is 0 Å². The van der Waals surface area contributed by atoms with Gasteiger partial charge in [-0.25, -0.2) is 0 Å². The Balaban J connectivity index is 1.90. The summed E-state index contributed by atoms with van der Waals surface area (Å²) in [4.78, 5) is 6.43. The minimum Gasteiger partial charge on any atom is -0.423 e. The van der Waals surface area contributed by atoms with Crippen molar-refractivity contribution in [2.45, 2.75) is 19.1 Å². The van der Waals surface area contributed by atoms with E-state index >= 15 is 0 Å². The molecule has 2 atom stereocenters. The van der Waals surface area contributed by atoms with Gasteiger partial charge in [0, 0.05) is 12.2 Å². The Labute approximate surface area is 110 Å². The maximum Gasteiger partial charge on any atom is 0.298 e. The smallest absolute Gasteiger partial charge is 0.298 e. The normalized spacial score (nSPS) is 24.0. The molecule has 1 aliphatic heterocycles. The van der Waals surface area contributed by atoms with Gasteiger partial charge in [0.1, 0.15) is 5.52 Å². The molecule has 102 valence electrons. The lowest BCUT2D eigenvalue weighted by Gasteiger charge is -2.34. The Morgan fingerprint density at radius 3 is 3.11 bits per heavy atom. The topological polar surface area (TPSA) is 84.8 Å². The maximum absolute atomic E-state index is 9.23. The van der Waals surface area contributed by atoms with Gasteiger partial charge >= 0.3 is 0 Å². The van der Waals surface area contributed by atoms with Crippen LogP contribution in [0.4, 0.5) is 11.7 Å². The third kappa shape index (κ3) is 2.36. The van der Waals surface area contributed by atoms with E-state index in [9.17, 15) is 5.11 Å². The second-order valence-corrected chi connectivity index (χ2v) is 4.88. The largest absolute Gasteiger partial charge is 0.423 e. The first-order valence-electron chi connectivity index (χ1n) is 6.33. The van der Waals surface area contributed by atoms with Crippen LogP contribution in [0.5, 0.6) is 0 Å². The molecule has 0 bridgehead atoms. The number of oxazole rings is 1. The Morgan fingerprint density at radius 2 is 2.32 bits per heavy atom. The van der Waals surface area contributed by atoms with E-state index in [0.29, 0.717) is 30.4 Å². The monoisotopic (exact) mass is 263 g/mol. The second-order valence-electron chi connectivity index (χ2n) is 4.88. The van der Waals surface area contributed by atoms with Gasteiger partial charge in [0.15, 0.2) is 5.58 Å². The van der Waals surface area contributed by atoms with Gasteiger partial charge in [-0.1, -0.05) is 0 Å². The number of nitrogens with two attached hydrogens (primary N) is 1. The number of aliphatic hydroxyl groups is 1. The van der Waals surface area contributed by atoms with Gasteiger partial charge < -0.3 is 24.9 Å². The van der Waals surface area contributed by atoms with Crippen molar-refractivity contribution in [2.24, 2.45) is 0 Å². The number of aliphatic hydroxyl groups excluding tert-OH is 1. The average molecular weight is 263 g/mol. The van der Waals surface area contributed by atoms with E-state index in [0.717, 1.165) is 5.52 Å². The van der Waals surface area contributed by atoms with E-state index in [1.807, 2.05) is 17.9 Å². The number of hydrogen-bond donors (Lipinski definition) is 2. The zero-order valence-corrected chi connectivity index (χ0v) is 10.7. The van der Waals surface area contributed by atoms with Gasteiger partial charge in [-0.2, -0.15) is 4.98 Å². The van der Waals surface area contributed by atoms with Gasteiger partial charge in [-0.15, -0.1) is 0 Å². The van der Waals surface area contributed by atoms with Gasteiger partial charge in [-0.3, -0.25) is 0 Å². The molecular formula is C13H17N3O3. The summed E-state index contributed by atoms with van der Waals surface area (Å²) in [6, 6.07) is 5.94. The first kappa shape index (κ1) is 12.3. The van der Waals surface area contributed by atoms with Crippen LogP contribution in [0.3, 0.4) is 0 Å². The lowest BCUT2D eigenvalue weighted by molar-refractivity contribution is -0.0432. The van der Waals surface area contributed by atoms with Crippen molar-refractivity contribution in [3.05, 3.63) is 18.2 Å². The fraction of sp³-hybridized carbons (Fsp3) is 0.462. The van der Waals surface area contributed by atoms with Crippen molar-refractivity contribution in [3.8, 4) is 0 Å². The summed E-state index contributed by atoms with van der Waals surface area (Å²) in [5, 5.41) is 9.23. The summed E-state index contributed by atoms with van der Waals surface area (Å²) >= 11 is 0. The molecular weight excluding hydrogens is 246 g/mol. The molecule has 0 saturated carbocycles. The Kier molecular flexibility index (Phi) is 3.04. The quantitative estimate of drug-likeness (QED) is 0.786.